The first-order chi connectivity index (χ1) is 10.3. The Hall–Kier alpha value is -2.00. The molecule has 0 radical (unpaired) electrons. The van der Waals surface area contributed by atoms with E-state index in [0.29, 0.717) is 10.8 Å². The number of carbonyl (C=O) groups is 1. The molecule has 1 saturated heterocycles. The van der Waals surface area contributed by atoms with Crippen molar-refractivity contribution < 1.29 is 22.2 Å². The molecule has 6 nitrogen and oxygen atoms in total. The minimum Gasteiger partial charge on any atom is -0.508 e. The van der Waals surface area contributed by atoms with E-state index in [1.54, 1.807) is 17.5 Å². The van der Waals surface area contributed by atoms with Gasteiger partial charge in [-0.25, -0.2) is 4.98 Å². The van der Waals surface area contributed by atoms with Gasteiger partial charge in [0.05, 0.1) is 5.69 Å². The molecule has 1 aliphatic rings. The molecule has 0 spiro atoms. The Kier molecular flexibility index (Phi) is 3.61. The highest BCUT2D eigenvalue weighted by atomic mass is 32.3. The highest BCUT2D eigenvalue weighted by molar-refractivity contribution is 7.87. The van der Waals surface area contributed by atoms with Crippen LogP contribution in [0.25, 0.3) is 11.3 Å². The third-order valence-electron chi connectivity index (χ3n) is 3.37. The third kappa shape index (κ3) is 2.81. The first kappa shape index (κ1) is 14.9. The molecule has 1 aliphatic heterocycles. The number of amides is 1. The Labute approximate surface area is 130 Å². The van der Waals surface area contributed by atoms with Crippen LogP contribution in [0.1, 0.15) is 6.42 Å². The molecule has 1 amide bonds. The number of anilines is 1. The Bertz CT molecular complexity index is 817. The summed E-state index contributed by atoms with van der Waals surface area (Å²) in [7, 11) is -4.74. The maximum Gasteiger partial charge on any atom is 0.307 e. The molecule has 1 aromatic carbocycles. The number of aromatic nitrogens is 1. The monoisotopic (exact) mass is 342 g/mol. The molecule has 22 heavy (non-hydrogen) atoms. The van der Waals surface area contributed by atoms with Gasteiger partial charge in [-0.2, -0.15) is 8.42 Å². The number of rotatable bonds is 3. The van der Waals surface area contributed by atoms with Crippen LogP contribution in [0, 0.1) is 0 Å². The fourth-order valence-electron chi connectivity index (χ4n) is 2.20. The summed E-state index contributed by atoms with van der Waals surface area (Å²) in [5.41, 5.74) is 1.35. The number of halogens is 1. The molecule has 0 bridgehead atoms. The number of phenols is 1. The molecule has 1 atom stereocenters. The zero-order valence-corrected chi connectivity index (χ0v) is 12.8. The van der Waals surface area contributed by atoms with Gasteiger partial charge >= 0.3 is 10.2 Å². The van der Waals surface area contributed by atoms with E-state index in [2.05, 4.69) is 4.98 Å². The summed E-state index contributed by atoms with van der Waals surface area (Å²) >= 11 is 1.18. The highest BCUT2D eigenvalue weighted by Gasteiger charge is 2.40. The Balaban J connectivity index is 1.85. The number of nitrogens with zero attached hydrogens (tertiary/aromatic N) is 2. The van der Waals surface area contributed by atoms with Gasteiger partial charge in [0.15, 0.2) is 5.13 Å². The lowest BCUT2D eigenvalue weighted by Gasteiger charge is -2.11. The molecule has 2 aromatic rings. The van der Waals surface area contributed by atoms with E-state index < -0.39 is 21.4 Å². The molecule has 9 heteroatoms. The zero-order valence-electron chi connectivity index (χ0n) is 11.1. The molecule has 1 unspecified atom stereocenters. The van der Waals surface area contributed by atoms with Gasteiger partial charge in [0, 0.05) is 23.9 Å². The van der Waals surface area contributed by atoms with Crippen molar-refractivity contribution in [3.8, 4) is 17.0 Å². The predicted molar refractivity (Wildman–Crippen MR) is 80.0 cm³/mol. The van der Waals surface area contributed by atoms with Crippen molar-refractivity contribution in [1.82, 2.24) is 4.98 Å². The summed E-state index contributed by atoms with van der Waals surface area (Å²) in [6.45, 7) is -0.222. The second kappa shape index (κ2) is 5.33. The molecular weight excluding hydrogens is 331 g/mol. The van der Waals surface area contributed by atoms with Gasteiger partial charge in [0.2, 0.25) is 5.91 Å². The van der Waals surface area contributed by atoms with Crippen molar-refractivity contribution in [1.29, 1.82) is 0 Å². The maximum absolute atomic E-state index is 13.0. The van der Waals surface area contributed by atoms with Gasteiger partial charge in [-0.05, 0) is 24.3 Å². The first-order valence-corrected chi connectivity index (χ1v) is 8.66. The van der Waals surface area contributed by atoms with Gasteiger partial charge in [0.25, 0.3) is 0 Å². The number of phenolic OH excluding ortho intramolecular Hbond substituents is 1. The number of benzene rings is 1. The third-order valence-corrected chi connectivity index (χ3v) is 5.35. The summed E-state index contributed by atoms with van der Waals surface area (Å²) < 4.78 is 34.9. The molecule has 116 valence electrons. The fraction of sp³-hybridized carbons (Fsp3) is 0.231. The lowest BCUT2D eigenvalue weighted by Crippen LogP contribution is -2.26. The van der Waals surface area contributed by atoms with Crippen LogP contribution in [0.15, 0.2) is 29.6 Å². The van der Waals surface area contributed by atoms with Gasteiger partial charge in [0.1, 0.15) is 11.0 Å². The van der Waals surface area contributed by atoms with E-state index in [1.165, 1.54) is 28.4 Å². The minimum absolute atomic E-state index is 0.130. The summed E-state index contributed by atoms with van der Waals surface area (Å²) in [4.78, 5) is 17.3. The number of hydrogen-bond donors (Lipinski definition) is 1. The van der Waals surface area contributed by atoms with Crippen molar-refractivity contribution in [2.45, 2.75) is 11.7 Å². The van der Waals surface area contributed by atoms with Crippen LogP contribution in [0.3, 0.4) is 0 Å². The van der Waals surface area contributed by atoms with Crippen molar-refractivity contribution >= 4 is 32.6 Å². The molecule has 0 saturated carbocycles. The van der Waals surface area contributed by atoms with E-state index in [0.717, 1.165) is 5.56 Å². The van der Waals surface area contributed by atoms with Gasteiger partial charge in [-0.1, -0.05) is 0 Å². The predicted octanol–water partition coefficient (Wildman–Crippen LogP) is 1.92. The first-order valence-electron chi connectivity index (χ1n) is 6.33. The molecule has 1 N–H and O–H groups in total. The SMILES string of the molecule is O=C1CC(S(=O)(=O)F)CN1c1nc(-c2ccc(O)cc2)cs1. The van der Waals surface area contributed by atoms with Crippen molar-refractivity contribution in [2.24, 2.45) is 0 Å². The Morgan fingerprint density at radius 1 is 1.32 bits per heavy atom. The van der Waals surface area contributed by atoms with E-state index >= 15 is 0 Å². The van der Waals surface area contributed by atoms with Crippen LogP contribution in [0.5, 0.6) is 5.75 Å². The lowest BCUT2D eigenvalue weighted by molar-refractivity contribution is -0.117. The Morgan fingerprint density at radius 3 is 2.59 bits per heavy atom. The van der Waals surface area contributed by atoms with E-state index in [1.807, 2.05) is 0 Å². The molecule has 1 fully saturated rings. The lowest BCUT2D eigenvalue weighted by atomic mass is 10.2. The topological polar surface area (TPSA) is 87.6 Å². The summed E-state index contributed by atoms with van der Waals surface area (Å²) in [6.07, 6.45) is -0.368. The summed E-state index contributed by atoms with van der Waals surface area (Å²) in [6, 6.07) is 6.38. The van der Waals surface area contributed by atoms with Crippen LogP contribution in [0.4, 0.5) is 9.02 Å². The summed E-state index contributed by atoms with van der Waals surface area (Å²) in [5.74, 6) is -0.331. The average molecular weight is 342 g/mol. The standard InChI is InChI=1S/C13H11FN2O4S2/c14-22(19,20)10-5-12(18)16(6-10)13-15-11(7-21-13)8-1-3-9(17)4-2-8/h1-4,7,10,17H,5-6H2. The Morgan fingerprint density at radius 2 is 2.00 bits per heavy atom. The second-order valence-electron chi connectivity index (χ2n) is 4.87. The zero-order chi connectivity index (χ0) is 15.9. The van der Waals surface area contributed by atoms with Crippen molar-refractivity contribution in [3.63, 3.8) is 0 Å². The van der Waals surface area contributed by atoms with Crippen LogP contribution >= 0.6 is 11.3 Å². The number of carbonyl (C=O) groups excluding carboxylic acids is 1. The largest absolute Gasteiger partial charge is 0.508 e. The van der Waals surface area contributed by atoms with E-state index in [-0.39, 0.29) is 18.7 Å². The smallest absolute Gasteiger partial charge is 0.307 e. The van der Waals surface area contributed by atoms with E-state index in [4.69, 9.17) is 0 Å². The number of hydrogen-bond acceptors (Lipinski definition) is 6. The fourth-order valence-corrected chi connectivity index (χ4v) is 3.73. The van der Waals surface area contributed by atoms with Crippen LogP contribution in [-0.4, -0.2) is 36.2 Å². The second-order valence-corrected chi connectivity index (χ2v) is 7.32. The molecule has 1 aromatic heterocycles. The number of aromatic hydroxyl groups is 1. The quantitative estimate of drug-likeness (QED) is 0.861. The van der Waals surface area contributed by atoms with Crippen LogP contribution in [-0.2, 0) is 15.0 Å². The molecular formula is C13H11FN2O4S2. The maximum atomic E-state index is 13.0. The highest BCUT2D eigenvalue weighted by Crippen LogP contribution is 2.32. The van der Waals surface area contributed by atoms with Gasteiger partial charge < -0.3 is 5.11 Å². The average Bonchev–Trinajstić information content (AvgIpc) is 3.05. The summed E-state index contributed by atoms with van der Waals surface area (Å²) in [5, 5.41) is 9.97. The minimum atomic E-state index is -4.74. The molecule has 2 heterocycles. The molecule has 0 aliphatic carbocycles. The van der Waals surface area contributed by atoms with Crippen LogP contribution < -0.4 is 4.90 Å². The molecule has 3 rings (SSSR count). The van der Waals surface area contributed by atoms with Crippen molar-refractivity contribution in [2.75, 3.05) is 11.4 Å². The van der Waals surface area contributed by atoms with Gasteiger partial charge in [-0.3, -0.25) is 9.69 Å². The van der Waals surface area contributed by atoms with Crippen LogP contribution in [0.2, 0.25) is 0 Å². The van der Waals surface area contributed by atoms with Crippen molar-refractivity contribution in [3.05, 3.63) is 29.6 Å². The van der Waals surface area contributed by atoms with Gasteiger partial charge in [-0.15, -0.1) is 15.2 Å². The normalized spacial score (nSPS) is 18.9. The van der Waals surface area contributed by atoms with E-state index in [9.17, 15) is 22.2 Å². The number of thiazole rings is 1.